The lowest BCUT2D eigenvalue weighted by molar-refractivity contribution is -0.116. The fraction of sp³-hybridized carbons (Fsp3) is 0.500. The Morgan fingerprint density at radius 2 is 1.95 bits per heavy atom. The van der Waals surface area contributed by atoms with Gasteiger partial charge in [0, 0.05) is 11.8 Å². The summed E-state index contributed by atoms with van der Waals surface area (Å²) in [5.74, 6) is -0.784. The molecule has 0 bridgehead atoms. The normalized spacial score (nSPS) is 15.1. The first kappa shape index (κ1) is 16.0. The van der Waals surface area contributed by atoms with E-state index in [0.717, 1.165) is 47.9 Å². The van der Waals surface area contributed by atoms with Gasteiger partial charge in [0.1, 0.15) is 5.00 Å². The van der Waals surface area contributed by atoms with Crippen LogP contribution in [0.4, 0.5) is 5.00 Å². The predicted octanol–water partition coefficient (Wildman–Crippen LogP) is 2.33. The Labute approximate surface area is 131 Å². The summed E-state index contributed by atoms with van der Waals surface area (Å²) in [6, 6.07) is 0. The fourth-order valence-electron chi connectivity index (χ4n) is 2.43. The number of thioether (sulfide) groups is 1. The molecule has 1 heterocycles. The number of nitrogens with one attached hydrogen (secondary N) is 1. The SMILES string of the molecule is CC(=O)S[C@@H](C)C(=O)Nc1sc2c(c1C(N)=O)CCCC2. The molecule has 0 aromatic carbocycles. The van der Waals surface area contributed by atoms with Crippen molar-refractivity contribution in [1.82, 2.24) is 0 Å². The van der Waals surface area contributed by atoms with Gasteiger partial charge in [-0.05, 0) is 38.2 Å². The molecule has 21 heavy (non-hydrogen) atoms. The van der Waals surface area contributed by atoms with Crippen molar-refractivity contribution in [2.45, 2.75) is 44.8 Å². The van der Waals surface area contributed by atoms with Gasteiger partial charge in [-0.1, -0.05) is 11.8 Å². The van der Waals surface area contributed by atoms with Crippen LogP contribution in [0.2, 0.25) is 0 Å². The number of nitrogens with two attached hydrogens (primary N) is 1. The number of amides is 2. The zero-order valence-electron chi connectivity index (χ0n) is 12.0. The van der Waals surface area contributed by atoms with Crippen molar-refractivity contribution in [3.05, 3.63) is 16.0 Å². The van der Waals surface area contributed by atoms with Crippen LogP contribution in [0.1, 0.15) is 47.5 Å². The quantitative estimate of drug-likeness (QED) is 0.888. The van der Waals surface area contributed by atoms with Crippen molar-refractivity contribution in [1.29, 1.82) is 0 Å². The lowest BCUT2D eigenvalue weighted by Gasteiger charge is -2.11. The molecule has 2 amide bonds. The molecule has 114 valence electrons. The molecule has 0 aliphatic heterocycles. The number of aryl methyl sites for hydroxylation is 1. The van der Waals surface area contributed by atoms with E-state index in [-0.39, 0.29) is 11.0 Å². The highest BCUT2D eigenvalue weighted by Gasteiger charge is 2.26. The summed E-state index contributed by atoms with van der Waals surface area (Å²) in [6.07, 6.45) is 3.88. The van der Waals surface area contributed by atoms with Crippen molar-refractivity contribution >= 4 is 45.0 Å². The minimum Gasteiger partial charge on any atom is -0.365 e. The molecule has 0 spiro atoms. The number of hydrogen-bond donors (Lipinski definition) is 2. The Balaban J connectivity index is 2.23. The molecule has 0 saturated heterocycles. The molecule has 0 unspecified atom stereocenters. The van der Waals surface area contributed by atoms with E-state index in [4.69, 9.17) is 5.73 Å². The van der Waals surface area contributed by atoms with E-state index < -0.39 is 11.2 Å². The van der Waals surface area contributed by atoms with Gasteiger partial charge in [-0.2, -0.15) is 0 Å². The van der Waals surface area contributed by atoms with Gasteiger partial charge in [-0.3, -0.25) is 14.4 Å². The molecule has 1 aliphatic rings. The van der Waals surface area contributed by atoms with Crippen LogP contribution in [0, 0.1) is 0 Å². The van der Waals surface area contributed by atoms with Crippen LogP contribution in [-0.2, 0) is 22.4 Å². The van der Waals surface area contributed by atoms with Crippen LogP contribution in [0.15, 0.2) is 0 Å². The Kier molecular flexibility index (Phi) is 5.05. The van der Waals surface area contributed by atoms with Gasteiger partial charge in [0.05, 0.1) is 10.8 Å². The molecule has 5 nitrogen and oxygen atoms in total. The third-order valence-corrected chi connectivity index (χ3v) is 5.47. The summed E-state index contributed by atoms with van der Waals surface area (Å²) in [5, 5.41) is 2.67. The molecule has 0 saturated carbocycles. The number of primary amides is 1. The summed E-state index contributed by atoms with van der Waals surface area (Å²) in [4.78, 5) is 36.0. The second kappa shape index (κ2) is 6.62. The average Bonchev–Trinajstić information content (AvgIpc) is 2.75. The van der Waals surface area contributed by atoms with Crippen molar-refractivity contribution in [2.24, 2.45) is 5.73 Å². The van der Waals surface area contributed by atoms with Gasteiger partial charge in [0.15, 0.2) is 5.12 Å². The minimum absolute atomic E-state index is 0.113. The zero-order valence-corrected chi connectivity index (χ0v) is 13.7. The van der Waals surface area contributed by atoms with E-state index in [1.54, 1.807) is 6.92 Å². The standard InChI is InChI=1S/C14H18N2O3S2/c1-7(20-8(2)17)13(19)16-14-11(12(15)18)9-5-3-4-6-10(9)21-14/h7H,3-6H2,1-2H3,(H2,15,18)(H,16,19)/t7-/m0/s1. The highest BCUT2D eigenvalue weighted by molar-refractivity contribution is 8.14. The van der Waals surface area contributed by atoms with Crippen LogP contribution in [0.5, 0.6) is 0 Å². The summed E-state index contributed by atoms with van der Waals surface area (Å²) >= 11 is 2.40. The van der Waals surface area contributed by atoms with Crippen molar-refractivity contribution < 1.29 is 14.4 Å². The van der Waals surface area contributed by atoms with E-state index in [1.165, 1.54) is 18.3 Å². The van der Waals surface area contributed by atoms with Crippen LogP contribution in [-0.4, -0.2) is 22.2 Å². The van der Waals surface area contributed by atoms with E-state index in [0.29, 0.717) is 10.6 Å². The van der Waals surface area contributed by atoms with Crippen LogP contribution < -0.4 is 11.1 Å². The third-order valence-electron chi connectivity index (χ3n) is 3.37. The smallest absolute Gasteiger partial charge is 0.251 e. The maximum absolute atomic E-state index is 12.1. The molecule has 3 N–H and O–H groups in total. The number of hydrogen-bond acceptors (Lipinski definition) is 5. The Morgan fingerprint density at radius 3 is 2.57 bits per heavy atom. The van der Waals surface area contributed by atoms with E-state index in [9.17, 15) is 14.4 Å². The number of thiophene rings is 1. The molecule has 7 heteroatoms. The summed E-state index contributed by atoms with van der Waals surface area (Å²) < 4.78 is 0. The van der Waals surface area contributed by atoms with Gasteiger partial charge in [-0.25, -0.2) is 0 Å². The highest BCUT2D eigenvalue weighted by Crippen LogP contribution is 2.38. The molecule has 1 aromatic rings. The fourth-order valence-corrected chi connectivity index (χ4v) is 4.39. The number of carbonyl (C=O) groups is 3. The second-order valence-corrected chi connectivity index (χ2v) is 7.64. The maximum Gasteiger partial charge on any atom is 0.251 e. The first-order valence-electron chi connectivity index (χ1n) is 6.82. The molecular formula is C14H18N2O3S2. The Bertz CT molecular complexity index is 595. The van der Waals surface area contributed by atoms with Gasteiger partial charge in [0.2, 0.25) is 5.91 Å². The van der Waals surface area contributed by atoms with Gasteiger partial charge >= 0.3 is 0 Å². The predicted molar refractivity (Wildman–Crippen MR) is 85.8 cm³/mol. The lowest BCUT2D eigenvalue weighted by atomic mass is 9.95. The maximum atomic E-state index is 12.1. The van der Waals surface area contributed by atoms with Crippen molar-refractivity contribution in [3.63, 3.8) is 0 Å². The topological polar surface area (TPSA) is 89.3 Å². The monoisotopic (exact) mass is 326 g/mol. The molecule has 0 fully saturated rings. The Morgan fingerprint density at radius 1 is 1.29 bits per heavy atom. The van der Waals surface area contributed by atoms with Gasteiger partial charge in [0.25, 0.3) is 5.91 Å². The highest BCUT2D eigenvalue weighted by atomic mass is 32.2. The second-order valence-electron chi connectivity index (χ2n) is 5.02. The van der Waals surface area contributed by atoms with Gasteiger partial charge < -0.3 is 11.1 Å². The molecular weight excluding hydrogens is 308 g/mol. The number of anilines is 1. The molecule has 2 rings (SSSR count). The molecule has 1 aromatic heterocycles. The van der Waals surface area contributed by atoms with Crippen LogP contribution in [0.25, 0.3) is 0 Å². The number of fused-ring (bicyclic) bond motifs is 1. The zero-order chi connectivity index (χ0) is 15.6. The first-order chi connectivity index (χ1) is 9.90. The van der Waals surface area contributed by atoms with E-state index in [2.05, 4.69) is 5.32 Å². The molecule has 1 atom stereocenters. The molecule has 1 aliphatic carbocycles. The first-order valence-corrected chi connectivity index (χ1v) is 8.52. The lowest BCUT2D eigenvalue weighted by Crippen LogP contribution is -2.25. The third kappa shape index (κ3) is 3.65. The van der Waals surface area contributed by atoms with Gasteiger partial charge in [-0.15, -0.1) is 11.3 Å². The van der Waals surface area contributed by atoms with Crippen molar-refractivity contribution in [2.75, 3.05) is 5.32 Å². The number of carbonyl (C=O) groups excluding carboxylic acids is 3. The minimum atomic E-state index is -0.503. The summed E-state index contributed by atoms with van der Waals surface area (Å²) in [5.41, 5.74) is 6.91. The summed E-state index contributed by atoms with van der Waals surface area (Å²) in [7, 11) is 0. The molecule has 0 radical (unpaired) electrons. The van der Waals surface area contributed by atoms with Crippen LogP contribution >= 0.6 is 23.1 Å². The van der Waals surface area contributed by atoms with E-state index >= 15 is 0 Å². The van der Waals surface area contributed by atoms with E-state index in [1.807, 2.05) is 0 Å². The van der Waals surface area contributed by atoms with Crippen molar-refractivity contribution in [3.8, 4) is 0 Å². The Hall–Kier alpha value is -1.34. The van der Waals surface area contributed by atoms with Crippen LogP contribution in [0.3, 0.4) is 0 Å². The number of rotatable bonds is 4. The average molecular weight is 326 g/mol. The summed E-state index contributed by atoms with van der Waals surface area (Å²) in [6.45, 7) is 3.09. The largest absolute Gasteiger partial charge is 0.365 e.